The van der Waals surface area contributed by atoms with Crippen LogP contribution in [0, 0.1) is 11.3 Å². The Morgan fingerprint density at radius 1 is 1.10 bits per heavy atom. The largest absolute Gasteiger partial charge is 0.461 e. The summed E-state index contributed by atoms with van der Waals surface area (Å²) in [4.78, 5) is 11.6. The van der Waals surface area contributed by atoms with Crippen LogP contribution in [0.5, 0.6) is 0 Å². The van der Waals surface area contributed by atoms with E-state index >= 15 is 0 Å². The van der Waals surface area contributed by atoms with E-state index in [9.17, 15) is 23.9 Å². The first-order valence-electron chi connectivity index (χ1n) is 9.56. The number of nitriles is 1. The lowest BCUT2D eigenvalue weighted by Crippen LogP contribution is -2.37. The van der Waals surface area contributed by atoms with E-state index < -0.39 is 18.0 Å². The van der Waals surface area contributed by atoms with E-state index in [0.717, 1.165) is 33.2 Å². The molecule has 1 heterocycles. The van der Waals surface area contributed by atoms with Crippen molar-refractivity contribution in [3.8, 4) is 17.2 Å². The van der Waals surface area contributed by atoms with Crippen molar-refractivity contribution in [3.63, 3.8) is 0 Å². The van der Waals surface area contributed by atoms with Gasteiger partial charge in [0.25, 0.3) is 0 Å². The monoisotopic (exact) mass is 437 g/mol. The second kappa shape index (κ2) is 8.06. The van der Waals surface area contributed by atoms with Crippen LogP contribution in [0.4, 0.5) is 8.78 Å². The molecule has 0 saturated carbocycles. The molecule has 156 valence electrons. The van der Waals surface area contributed by atoms with Gasteiger partial charge in [0, 0.05) is 20.3 Å². The second-order valence-corrected chi connectivity index (χ2v) is 8.05. The third-order valence-electron chi connectivity index (χ3n) is 5.08. The Morgan fingerprint density at radius 2 is 1.81 bits per heavy atom. The molecule has 1 aromatic heterocycles. The molecule has 4 rings (SSSR count). The number of fused-ring (bicyclic) bond motifs is 2. The Bertz CT molecular complexity index is 1340. The molecule has 0 bridgehead atoms. The van der Waals surface area contributed by atoms with Gasteiger partial charge in [-0.2, -0.15) is 14.0 Å². The highest BCUT2D eigenvalue weighted by molar-refractivity contribution is 7.19. The topological polar surface area (TPSA) is 70.3 Å². The Labute approximate surface area is 180 Å². The van der Waals surface area contributed by atoms with E-state index in [4.69, 9.17) is 0 Å². The van der Waals surface area contributed by atoms with Crippen LogP contribution in [0.25, 0.3) is 32.0 Å². The molecule has 31 heavy (non-hydrogen) atoms. The average Bonchev–Trinajstić information content (AvgIpc) is 3.22. The lowest BCUT2D eigenvalue weighted by molar-refractivity contribution is -0.188. The fourth-order valence-electron chi connectivity index (χ4n) is 3.60. The van der Waals surface area contributed by atoms with Gasteiger partial charge in [-0.15, -0.1) is 11.3 Å². The number of carbonyl (C=O) groups excluding carboxylic acids is 1. The van der Waals surface area contributed by atoms with Crippen LogP contribution < -0.4 is 0 Å². The number of esters is 1. The molecule has 4 aromatic rings. The van der Waals surface area contributed by atoms with Crippen molar-refractivity contribution in [1.29, 1.82) is 5.26 Å². The molecule has 0 aliphatic rings. The van der Waals surface area contributed by atoms with Crippen LogP contribution >= 0.6 is 11.3 Å². The summed E-state index contributed by atoms with van der Waals surface area (Å²) in [6.45, 7) is 1.22. The van der Waals surface area contributed by atoms with Crippen molar-refractivity contribution >= 4 is 38.2 Å². The first kappa shape index (κ1) is 20.9. The average molecular weight is 437 g/mol. The maximum absolute atomic E-state index is 14.4. The lowest BCUT2D eigenvalue weighted by atomic mass is 9.93. The minimum absolute atomic E-state index is 0.0292. The summed E-state index contributed by atoms with van der Waals surface area (Å²) in [6, 6.07) is 20.2. The van der Waals surface area contributed by atoms with E-state index in [1.54, 1.807) is 18.2 Å². The summed E-state index contributed by atoms with van der Waals surface area (Å²) in [5.74, 6) is -5.81. The highest BCUT2D eigenvalue weighted by Gasteiger charge is 2.49. The number of ether oxygens (including phenoxy) is 1. The van der Waals surface area contributed by atoms with Gasteiger partial charge in [0.05, 0.1) is 18.2 Å². The van der Waals surface area contributed by atoms with Gasteiger partial charge in [-0.25, -0.2) is 4.79 Å². The zero-order valence-electron chi connectivity index (χ0n) is 16.4. The highest BCUT2D eigenvalue weighted by Crippen LogP contribution is 2.42. The van der Waals surface area contributed by atoms with Crippen molar-refractivity contribution in [2.24, 2.45) is 0 Å². The predicted octanol–water partition coefficient (Wildman–Crippen LogP) is 5.82. The molecule has 0 radical (unpaired) electrons. The van der Waals surface area contributed by atoms with Gasteiger partial charge in [-0.3, -0.25) is 0 Å². The minimum atomic E-state index is -4.06. The van der Waals surface area contributed by atoms with Crippen LogP contribution in [0.3, 0.4) is 0 Å². The lowest BCUT2D eigenvalue weighted by Gasteiger charge is -2.19. The highest BCUT2D eigenvalue weighted by atomic mass is 32.1. The number of halogens is 2. The molecule has 0 aliphatic carbocycles. The Kier molecular flexibility index (Phi) is 5.44. The number of hydrogen-bond donors (Lipinski definition) is 1. The standard InChI is InChI=1S/C24H17F2NO3S/c1-2-30-23(29)24(25,26)22(28)21-12-19-17(8-5-9-20(19)31-21)18-11-10-14(13-27)15-6-3-4-7-16(15)18/h3-12,22,28H,2H2,1H3. The van der Waals surface area contributed by atoms with E-state index in [0.29, 0.717) is 15.6 Å². The maximum Gasteiger partial charge on any atom is 0.380 e. The number of alkyl halides is 2. The number of thiophene rings is 1. The number of aliphatic hydroxyl groups is 1. The summed E-state index contributed by atoms with van der Waals surface area (Å²) >= 11 is 1.000. The van der Waals surface area contributed by atoms with Crippen molar-refractivity contribution in [1.82, 2.24) is 0 Å². The third-order valence-corrected chi connectivity index (χ3v) is 6.23. The molecule has 0 saturated heterocycles. The maximum atomic E-state index is 14.4. The van der Waals surface area contributed by atoms with Crippen molar-refractivity contribution in [3.05, 3.63) is 71.1 Å². The van der Waals surface area contributed by atoms with Crippen LogP contribution in [0.1, 0.15) is 23.5 Å². The molecule has 0 spiro atoms. The summed E-state index contributed by atoms with van der Waals surface area (Å²) < 4.78 is 33.9. The molecule has 4 nitrogen and oxygen atoms in total. The SMILES string of the molecule is CCOC(=O)C(F)(F)C(O)c1cc2c(-c3ccc(C#N)c4ccccc34)cccc2s1. The Morgan fingerprint density at radius 3 is 2.52 bits per heavy atom. The number of rotatable bonds is 5. The van der Waals surface area contributed by atoms with E-state index in [-0.39, 0.29) is 11.5 Å². The normalized spacial score (nSPS) is 12.6. The van der Waals surface area contributed by atoms with Crippen LogP contribution in [0.2, 0.25) is 0 Å². The molecule has 0 aliphatic heterocycles. The number of carbonyl (C=O) groups is 1. The minimum Gasteiger partial charge on any atom is -0.461 e. The zero-order valence-corrected chi connectivity index (χ0v) is 17.2. The van der Waals surface area contributed by atoms with E-state index in [1.165, 1.54) is 13.0 Å². The van der Waals surface area contributed by atoms with Gasteiger partial charge in [0.1, 0.15) is 0 Å². The predicted molar refractivity (Wildman–Crippen MR) is 116 cm³/mol. The van der Waals surface area contributed by atoms with Gasteiger partial charge in [-0.05, 0) is 41.6 Å². The van der Waals surface area contributed by atoms with Gasteiger partial charge < -0.3 is 9.84 Å². The molecule has 0 fully saturated rings. The summed E-state index contributed by atoms with van der Waals surface area (Å²) in [7, 11) is 0. The molecule has 3 aromatic carbocycles. The quantitative estimate of drug-likeness (QED) is 0.399. The summed E-state index contributed by atoms with van der Waals surface area (Å²) in [6.07, 6.45) is -2.31. The molecule has 7 heteroatoms. The first-order valence-corrected chi connectivity index (χ1v) is 10.4. The molecule has 1 atom stereocenters. The van der Waals surface area contributed by atoms with Crippen molar-refractivity contribution < 1.29 is 23.4 Å². The van der Waals surface area contributed by atoms with E-state index in [2.05, 4.69) is 10.8 Å². The van der Waals surface area contributed by atoms with E-state index in [1.807, 2.05) is 36.4 Å². The Balaban J connectivity index is 1.86. The van der Waals surface area contributed by atoms with Crippen molar-refractivity contribution in [2.75, 3.05) is 6.61 Å². The van der Waals surface area contributed by atoms with Gasteiger partial charge in [0.15, 0.2) is 6.10 Å². The summed E-state index contributed by atoms with van der Waals surface area (Å²) in [5, 5.41) is 22.0. The van der Waals surface area contributed by atoms with Gasteiger partial charge in [-0.1, -0.05) is 42.5 Å². The van der Waals surface area contributed by atoms with Crippen LogP contribution in [-0.4, -0.2) is 23.6 Å². The van der Waals surface area contributed by atoms with Crippen molar-refractivity contribution in [2.45, 2.75) is 19.0 Å². The van der Waals surface area contributed by atoms with Gasteiger partial charge >= 0.3 is 11.9 Å². The molecule has 0 amide bonds. The number of benzene rings is 3. The zero-order chi connectivity index (χ0) is 22.2. The summed E-state index contributed by atoms with van der Waals surface area (Å²) in [5.41, 5.74) is 2.17. The van der Waals surface area contributed by atoms with Gasteiger partial charge in [0.2, 0.25) is 0 Å². The first-order chi connectivity index (χ1) is 14.9. The second-order valence-electron chi connectivity index (χ2n) is 6.93. The van der Waals surface area contributed by atoms with Crippen LogP contribution in [0.15, 0.2) is 60.7 Å². The number of aliphatic hydroxyl groups excluding tert-OH is 1. The smallest absolute Gasteiger partial charge is 0.380 e. The Hall–Kier alpha value is -3.34. The molecular formula is C24H17F2NO3S. The molecular weight excluding hydrogens is 420 g/mol. The fraction of sp³-hybridized carbons (Fsp3) is 0.167. The third kappa shape index (κ3) is 3.54. The molecule has 1 unspecified atom stereocenters. The molecule has 1 N–H and O–H groups in total. The van der Waals surface area contributed by atoms with Crippen LogP contribution in [-0.2, 0) is 9.53 Å². The number of nitrogens with zero attached hydrogens (tertiary/aromatic N) is 1. The fourth-order valence-corrected chi connectivity index (χ4v) is 4.72. The number of hydrogen-bond acceptors (Lipinski definition) is 5.